The van der Waals surface area contributed by atoms with E-state index < -0.39 is 0 Å². The first kappa shape index (κ1) is 15.2. The molecule has 0 aliphatic carbocycles. The molecule has 1 N–H and O–H groups in total. The number of halogens is 1. The Morgan fingerprint density at radius 2 is 2.00 bits per heavy atom. The van der Waals surface area contributed by atoms with Crippen LogP contribution in [0.2, 0.25) is 0 Å². The predicted octanol–water partition coefficient (Wildman–Crippen LogP) is 4.02. The van der Waals surface area contributed by atoms with Crippen LogP contribution < -0.4 is 10.1 Å². The number of anilines is 1. The van der Waals surface area contributed by atoms with Crippen molar-refractivity contribution in [2.45, 2.75) is 33.6 Å². The van der Waals surface area contributed by atoms with Crippen LogP contribution in [0.25, 0.3) is 0 Å². The Morgan fingerprint density at radius 1 is 1.24 bits per heavy atom. The topological polar surface area (TPSA) is 47.0 Å². The van der Waals surface area contributed by atoms with Gasteiger partial charge in [-0.25, -0.2) is 9.37 Å². The molecule has 0 unspecified atom stereocenters. The van der Waals surface area contributed by atoms with E-state index in [0.717, 1.165) is 30.0 Å². The van der Waals surface area contributed by atoms with Crippen LogP contribution in [0.1, 0.15) is 30.3 Å². The fourth-order valence-electron chi connectivity index (χ4n) is 2.01. The van der Waals surface area contributed by atoms with Gasteiger partial charge in [-0.05, 0) is 44.0 Å². The first-order valence-electron chi connectivity index (χ1n) is 7.04. The number of nitrogens with one attached hydrogen (secondary N) is 1. The van der Waals surface area contributed by atoms with Gasteiger partial charge in [-0.2, -0.15) is 4.98 Å². The van der Waals surface area contributed by atoms with Crippen molar-refractivity contribution in [2.24, 2.45) is 0 Å². The zero-order valence-corrected chi connectivity index (χ0v) is 12.8. The van der Waals surface area contributed by atoms with Crippen LogP contribution >= 0.6 is 0 Å². The maximum atomic E-state index is 13.3. The highest BCUT2D eigenvalue weighted by molar-refractivity contribution is 5.49. The molecule has 1 aromatic carbocycles. The largest absolute Gasteiger partial charge is 0.439 e. The first-order chi connectivity index (χ1) is 10.0. The summed E-state index contributed by atoms with van der Waals surface area (Å²) in [5.74, 6) is 2.32. The minimum absolute atomic E-state index is 0.246. The van der Waals surface area contributed by atoms with Crippen molar-refractivity contribution in [2.75, 3.05) is 12.4 Å². The van der Waals surface area contributed by atoms with Gasteiger partial charge >= 0.3 is 0 Å². The lowest BCUT2D eigenvalue weighted by Gasteiger charge is -2.13. The van der Waals surface area contributed by atoms with Gasteiger partial charge in [0.1, 0.15) is 23.2 Å². The van der Waals surface area contributed by atoms with Gasteiger partial charge in [0.2, 0.25) is 5.88 Å². The van der Waals surface area contributed by atoms with E-state index in [-0.39, 0.29) is 5.82 Å². The Balaban J connectivity index is 2.37. The van der Waals surface area contributed by atoms with Gasteiger partial charge in [0, 0.05) is 13.5 Å². The number of ether oxygens (including phenoxy) is 1. The molecule has 4 nitrogen and oxygen atoms in total. The van der Waals surface area contributed by atoms with Gasteiger partial charge in [0.25, 0.3) is 0 Å². The molecule has 0 saturated carbocycles. The van der Waals surface area contributed by atoms with Gasteiger partial charge in [0.05, 0.1) is 5.56 Å². The van der Waals surface area contributed by atoms with Crippen LogP contribution in [0.15, 0.2) is 18.2 Å². The highest BCUT2D eigenvalue weighted by Crippen LogP contribution is 2.28. The molecule has 0 spiro atoms. The summed E-state index contributed by atoms with van der Waals surface area (Å²) in [6, 6.07) is 4.66. The summed E-state index contributed by atoms with van der Waals surface area (Å²) in [6.45, 7) is 5.68. The fraction of sp³-hybridized carbons (Fsp3) is 0.375. The summed E-state index contributed by atoms with van der Waals surface area (Å²) < 4.78 is 19.1. The Bertz CT molecular complexity index is 644. The van der Waals surface area contributed by atoms with Crippen LogP contribution in [-0.4, -0.2) is 17.0 Å². The Hall–Kier alpha value is -2.17. The van der Waals surface area contributed by atoms with Crippen molar-refractivity contribution < 1.29 is 9.13 Å². The molecule has 0 atom stereocenters. The molecule has 112 valence electrons. The molecule has 0 bridgehead atoms. The molecule has 1 aromatic heterocycles. The van der Waals surface area contributed by atoms with E-state index in [1.165, 1.54) is 6.07 Å². The van der Waals surface area contributed by atoms with Gasteiger partial charge < -0.3 is 10.1 Å². The van der Waals surface area contributed by atoms with Crippen molar-refractivity contribution in [1.29, 1.82) is 0 Å². The van der Waals surface area contributed by atoms with Gasteiger partial charge in [-0.1, -0.05) is 6.92 Å². The lowest BCUT2D eigenvalue weighted by molar-refractivity contribution is 0.452. The van der Waals surface area contributed by atoms with Crippen molar-refractivity contribution in [1.82, 2.24) is 9.97 Å². The number of aromatic nitrogens is 2. The summed E-state index contributed by atoms with van der Waals surface area (Å²) in [6.07, 6.45) is 1.75. The number of benzene rings is 1. The second kappa shape index (κ2) is 6.52. The van der Waals surface area contributed by atoms with Crippen LogP contribution in [0.3, 0.4) is 0 Å². The molecule has 21 heavy (non-hydrogen) atoms. The third kappa shape index (κ3) is 3.48. The minimum Gasteiger partial charge on any atom is -0.439 e. The van der Waals surface area contributed by atoms with E-state index in [1.54, 1.807) is 19.1 Å². The highest BCUT2D eigenvalue weighted by atomic mass is 19.1. The molecule has 0 aliphatic rings. The zero-order chi connectivity index (χ0) is 15.4. The number of hydrogen-bond donors (Lipinski definition) is 1. The van der Waals surface area contributed by atoms with E-state index >= 15 is 0 Å². The Morgan fingerprint density at radius 3 is 2.62 bits per heavy atom. The quantitative estimate of drug-likeness (QED) is 0.903. The SMILES string of the molecule is CCCc1nc(NC)c(C)c(Oc2ccc(F)c(C)c2)n1. The fourth-order valence-corrected chi connectivity index (χ4v) is 2.01. The molecule has 0 aliphatic heterocycles. The van der Waals surface area contributed by atoms with E-state index in [1.807, 2.05) is 14.0 Å². The zero-order valence-electron chi connectivity index (χ0n) is 12.8. The molecule has 2 aromatic rings. The average Bonchev–Trinajstić information content (AvgIpc) is 2.46. The van der Waals surface area contributed by atoms with Gasteiger partial charge in [0.15, 0.2) is 0 Å². The number of hydrogen-bond acceptors (Lipinski definition) is 4. The molecular formula is C16H20FN3O. The van der Waals surface area contributed by atoms with Crippen molar-refractivity contribution >= 4 is 5.82 Å². The highest BCUT2D eigenvalue weighted by Gasteiger charge is 2.12. The molecule has 5 heteroatoms. The Labute approximate surface area is 124 Å². The van der Waals surface area contributed by atoms with E-state index in [9.17, 15) is 4.39 Å². The maximum Gasteiger partial charge on any atom is 0.227 e. The molecule has 1 heterocycles. The molecule has 0 saturated heterocycles. The number of aryl methyl sites for hydroxylation is 2. The Kier molecular flexibility index (Phi) is 4.73. The third-order valence-electron chi connectivity index (χ3n) is 3.20. The van der Waals surface area contributed by atoms with Crippen LogP contribution in [0.5, 0.6) is 11.6 Å². The average molecular weight is 289 g/mol. The summed E-state index contributed by atoms with van der Waals surface area (Å²) >= 11 is 0. The van der Waals surface area contributed by atoms with E-state index in [0.29, 0.717) is 17.2 Å². The van der Waals surface area contributed by atoms with Crippen molar-refractivity contribution in [3.8, 4) is 11.6 Å². The van der Waals surface area contributed by atoms with E-state index in [4.69, 9.17) is 4.74 Å². The summed E-state index contributed by atoms with van der Waals surface area (Å²) in [5.41, 5.74) is 1.38. The lowest BCUT2D eigenvalue weighted by Crippen LogP contribution is -2.05. The summed E-state index contributed by atoms with van der Waals surface area (Å²) in [5, 5.41) is 3.05. The van der Waals surface area contributed by atoms with E-state index in [2.05, 4.69) is 22.2 Å². The number of nitrogens with zero attached hydrogens (tertiary/aromatic N) is 2. The molecule has 0 radical (unpaired) electrons. The molecular weight excluding hydrogens is 269 g/mol. The van der Waals surface area contributed by atoms with Crippen molar-refractivity contribution in [3.63, 3.8) is 0 Å². The second-order valence-electron chi connectivity index (χ2n) is 4.93. The van der Waals surface area contributed by atoms with Gasteiger partial charge in [-0.15, -0.1) is 0 Å². The first-order valence-corrected chi connectivity index (χ1v) is 7.04. The molecule has 2 rings (SSSR count). The molecule has 0 amide bonds. The third-order valence-corrected chi connectivity index (χ3v) is 3.20. The van der Waals surface area contributed by atoms with Crippen LogP contribution in [0, 0.1) is 19.7 Å². The maximum absolute atomic E-state index is 13.3. The van der Waals surface area contributed by atoms with Crippen LogP contribution in [0.4, 0.5) is 10.2 Å². The standard InChI is InChI=1S/C16H20FN3O/c1-5-6-14-19-15(18-4)11(3)16(20-14)21-12-7-8-13(17)10(2)9-12/h7-9H,5-6H2,1-4H3,(H,18,19,20). The van der Waals surface area contributed by atoms with Crippen molar-refractivity contribution in [3.05, 3.63) is 41.0 Å². The normalized spacial score (nSPS) is 10.5. The predicted molar refractivity (Wildman–Crippen MR) is 81.5 cm³/mol. The smallest absolute Gasteiger partial charge is 0.227 e. The minimum atomic E-state index is -0.246. The lowest BCUT2D eigenvalue weighted by atomic mass is 10.2. The second-order valence-corrected chi connectivity index (χ2v) is 4.93. The number of rotatable bonds is 5. The van der Waals surface area contributed by atoms with Gasteiger partial charge in [-0.3, -0.25) is 0 Å². The monoisotopic (exact) mass is 289 g/mol. The summed E-state index contributed by atoms with van der Waals surface area (Å²) in [4.78, 5) is 8.90. The molecule has 0 fully saturated rings. The van der Waals surface area contributed by atoms with Crippen LogP contribution in [-0.2, 0) is 6.42 Å². The summed E-state index contributed by atoms with van der Waals surface area (Å²) in [7, 11) is 1.82.